The topological polar surface area (TPSA) is 51.2 Å². The fraction of sp³-hybridized carbons (Fsp3) is 0.520. The van der Waals surface area contributed by atoms with Gasteiger partial charge >= 0.3 is 18.9 Å². The fourth-order valence-corrected chi connectivity index (χ4v) is 4.36. The van der Waals surface area contributed by atoms with E-state index in [1.807, 2.05) is 0 Å². The number of benzene rings is 2. The lowest BCUT2D eigenvalue weighted by Gasteiger charge is -2.37. The van der Waals surface area contributed by atoms with Crippen LogP contribution in [0.3, 0.4) is 0 Å². The van der Waals surface area contributed by atoms with Crippen LogP contribution in [-0.4, -0.2) is 49.3 Å². The van der Waals surface area contributed by atoms with Crippen molar-refractivity contribution in [1.82, 2.24) is 0 Å². The van der Waals surface area contributed by atoms with E-state index in [9.17, 15) is 44.6 Å². The average Bonchev–Trinajstić information content (AvgIpc) is 2.81. The predicted molar refractivity (Wildman–Crippen MR) is 121 cm³/mol. The molecule has 1 aliphatic carbocycles. The van der Waals surface area contributed by atoms with Crippen LogP contribution in [0, 0.1) is 5.92 Å². The minimum absolute atomic E-state index is 0.0834. The third-order valence-corrected chi connectivity index (χ3v) is 6.07. The minimum atomic E-state index is -4.97. The first kappa shape index (κ1) is 30.7. The van der Waals surface area contributed by atoms with Gasteiger partial charge in [0.25, 0.3) is 0 Å². The number of aliphatic hydroxyl groups excluding tert-OH is 1. The highest BCUT2D eigenvalue weighted by molar-refractivity contribution is 5.51. The first-order chi connectivity index (χ1) is 18.1. The second-order valence-electron chi connectivity index (χ2n) is 9.09. The molecule has 218 valence electrons. The number of rotatable bonds is 10. The number of halogens is 9. The molecule has 3 rings (SSSR count). The SMILES string of the molecule is OC(CN(CC1CCCCC1OC(F)(F)F)c1cccc(OCc2cccc(OC(F)(F)F)c2)c1)C(F)(F)F. The van der Waals surface area contributed by atoms with E-state index in [1.54, 1.807) is 0 Å². The number of hydrogen-bond donors (Lipinski definition) is 1. The second-order valence-corrected chi connectivity index (χ2v) is 9.09. The Bertz CT molecular complexity index is 1060. The Balaban J connectivity index is 1.78. The smallest absolute Gasteiger partial charge is 0.489 e. The first-order valence-corrected chi connectivity index (χ1v) is 11.9. The number of hydrogen-bond acceptors (Lipinski definition) is 5. The molecule has 1 fully saturated rings. The molecule has 0 aromatic heterocycles. The van der Waals surface area contributed by atoms with Crippen LogP contribution < -0.4 is 14.4 Å². The molecule has 14 heteroatoms. The summed E-state index contributed by atoms with van der Waals surface area (Å²) in [5, 5.41) is 9.73. The van der Waals surface area contributed by atoms with Crippen LogP contribution in [-0.2, 0) is 11.3 Å². The Kier molecular flexibility index (Phi) is 9.86. The largest absolute Gasteiger partial charge is 0.573 e. The molecule has 1 aliphatic rings. The van der Waals surface area contributed by atoms with E-state index in [1.165, 1.54) is 36.4 Å². The molecule has 0 amide bonds. The van der Waals surface area contributed by atoms with Gasteiger partial charge in [0.15, 0.2) is 6.10 Å². The molecular formula is C25H26F9NO4. The zero-order valence-corrected chi connectivity index (χ0v) is 20.3. The molecule has 1 N–H and O–H groups in total. The average molecular weight is 575 g/mol. The third kappa shape index (κ3) is 10.3. The van der Waals surface area contributed by atoms with Gasteiger partial charge in [0.2, 0.25) is 0 Å². The molecular weight excluding hydrogens is 549 g/mol. The van der Waals surface area contributed by atoms with Crippen molar-refractivity contribution in [2.45, 2.75) is 63.4 Å². The number of nitrogens with zero attached hydrogens (tertiary/aromatic N) is 1. The van der Waals surface area contributed by atoms with Gasteiger partial charge in [-0.25, -0.2) is 0 Å². The van der Waals surface area contributed by atoms with E-state index >= 15 is 0 Å². The Morgan fingerprint density at radius 3 is 2.18 bits per heavy atom. The van der Waals surface area contributed by atoms with Gasteiger partial charge in [-0.2, -0.15) is 13.2 Å². The number of aliphatic hydroxyl groups is 1. The molecule has 0 saturated heterocycles. The van der Waals surface area contributed by atoms with Crippen molar-refractivity contribution < 1.29 is 58.8 Å². The van der Waals surface area contributed by atoms with E-state index in [-0.39, 0.29) is 37.4 Å². The summed E-state index contributed by atoms with van der Waals surface area (Å²) < 4.78 is 129. The summed E-state index contributed by atoms with van der Waals surface area (Å²) in [6.45, 7) is -1.42. The predicted octanol–water partition coefficient (Wildman–Crippen LogP) is 6.99. The van der Waals surface area contributed by atoms with Crippen LogP contribution in [0.2, 0.25) is 0 Å². The summed E-state index contributed by atoms with van der Waals surface area (Å²) in [7, 11) is 0. The number of ether oxygens (including phenoxy) is 3. The van der Waals surface area contributed by atoms with Gasteiger partial charge in [-0.3, -0.25) is 4.74 Å². The van der Waals surface area contributed by atoms with Crippen molar-refractivity contribution in [2.24, 2.45) is 5.92 Å². The first-order valence-electron chi connectivity index (χ1n) is 11.9. The maximum Gasteiger partial charge on any atom is 0.573 e. The molecule has 0 aliphatic heterocycles. The monoisotopic (exact) mass is 575 g/mol. The van der Waals surface area contributed by atoms with E-state index in [4.69, 9.17) is 4.74 Å². The fourth-order valence-electron chi connectivity index (χ4n) is 4.36. The number of anilines is 1. The van der Waals surface area contributed by atoms with Crippen molar-refractivity contribution in [2.75, 3.05) is 18.0 Å². The lowest BCUT2D eigenvalue weighted by Crippen LogP contribution is -2.46. The molecule has 0 heterocycles. The van der Waals surface area contributed by atoms with Crippen LogP contribution in [0.4, 0.5) is 45.2 Å². The summed E-state index contributed by atoms with van der Waals surface area (Å²) in [5.74, 6) is -1.09. The molecule has 0 bridgehead atoms. The molecule has 0 radical (unpaired) electrons. The Morgan fingerprint density at radius 1 is 0.846 bits per heavy atom. The van der Waals surface area contributed by atoms with Crippen molar-refractivity contribution >= 4 is 5.69 Å². The van der Waals surface area contributed by atoms with Gasteiger partial charge in [0.1, 0.15) is 18.1 Å². The minimum Gasteiger partial charge on any atom is -0.489 e. The Labute approximate surface area is 218 Å². The van der Waals surface area contributed by atoms with Crippen LogP contribution in [0.5, 0.6) is 11.5 Å². The Hall–Kier alpha value is -2.87. The maximum absolute atomic E-state index is 13.2. The van der Waals surface area contributed by atoms with Crippen molar-refractivity contribution in [3.8, 4) is 11.5 Å². The summed E-state index contributed by atoms with van der Waals surface area (Å²) >= 11 is 0. The Morgan fingerprint density at radius 2 is 1.51 bits per heavy atom. The normalized spacial score (nSPS) is 19.4. The van der Waals surface area contributed by atoms with Gasteiger partial charge in [-0.1, -0.05) is 31.0 Å². The van der Waals surface area contributed by atoms with E-state index < -0.39 is 49.3 Å². The van der Waals surface area contributed by atoms with Crippen LogP contribution in [0.25, 0.3) is 0 Å². The molecule has 0 spiro atoms. The molecule has 3 atom stereocenters. The summed E-state index contributed by atoms with van der Waals surface area (Å²) in [6.07, 6.45) is -17.4. The quantitative estimate of drug-likeness (QED) is 0.310. The zero-order chi connectivity index (χ0) is 28.8. The molecule has 2 aromatic carbocycles. The highest BCUT2D eigenvalue weighted by Crippen LogP contribution is 2.35. The van der Waals surface area contributed by atoms with Gasteiger partial charge in [-0.15, -0.1) is 26.3 Å². The van der Waals surface area contributed by atoms with Crippen molar-refractivity contribution in [3.63, 3.8) is 0 Å². The standard InChI is InChI=1S/C25H26F9NO4/c26-23(27,28)22(36)14-35(13-17-6-1-2-10-21(17)39-25(32,33)34)18-7-4-8-19(12-18)37-15-16-5-3-9-20(11-16)38-24(29,30)31/h3-5,7-9,11-12,17,21-22,36H,1-2,6,10,13-15H2. The maximum atomic E-state index is 13.2. The lowest BCUT2D eigenvalue weighted by atomic mass is 9.85. The molecule has 2 aromatic rings. The number of alkyl halides is 9. The van der Waals surface area contributed by atoms with Gasteiger partial charge < -0.3 is 19.5 Å². The van der Waals surface area contributed by atoms with E-state index in [2.05, 4.69) is 9.47 Å². The van der Waals surface area contributed by atoms with Gasteiger partial charge in [0.05, 0.1) is 12.6 Å². The summed E-state index contributed by atoms with van der Waals surface area (Å²) in [6, 6.07) is 10.6. The third-order valence-electron chi connectivity index (χ3n) is 6.07. The van der Waals surface area contributed by atoms with E-state index in [0.717, 1.165) is 17.0 Å². The summed E-state index contributed by atoms with van der Waals surface area (Å²) in [4.78, 5) is 1.13. The molecule has 1 saturated carbocycles. The lowest BCUT2D eigenvalue weighted by molar-refractivity contribution is -0.350. The highest BCUT2D eigenvalue weighted by atomic mass is 19.4. The van der Waals surface area contributed by atoms with Crippen LogP contribution >= 0.6 is 0 Å². The zero-order valence-electron chi connectivity index (χ0n) is 20.3. The van der Waals surface area contributed by atoms with Crippen molar-refractivity contribution in [3.05, 3.63) is 54.1 Å². The molecule has 3 unspecified atom stereocenters. The van der Waals surface area contributed by atoms with Gasteiger partial charge in [0, 0.05) is 24.2 Å². The van der Waals surface area contributed by atoms with Crippen LogP contribution in [0.1, 0.15) is 31.2 Å². The second kappa shape index (κ2) is 12.5. The van der Waals surface area contributed by atoms with Crippen molar-refractivity contribution in [1.29, 1.82) is 0 Å². The van der Waals surface area contributed by atoms with Gasteiger partial charge in [-0.05, 0) is 42.7 Å². The highest BCUT2D eigenvalue weighted by Gasteiger charge is 2.42. The summed E-state index contributed by atoms with van der Waals surface area (Å²) in [5.41, 5.74) is 0.446. The molecule has 39 heavy (non-hydrogen) atoms. The van der Waals surface area contributed by atoms with E-state index in [0.29, 0.717) is 18.4 Å². The van der Waals surface area contributed by atoms with Crippen LogP contribution in [0.15, 0.2) is 48.5 Å². The molecule has 5 nitrogen and oxygen atoms in total.